The van der Waals surface area contributed by atoms with Crippen LogP contribution in [0.4, 0.5) is 14.3 Å². The van der Waals surface area contributed by atoms with Crippen LogP contribution in [0.25, 0.3) is 0 Å². The Balaban J connectivity index is 1.68. The summed E-state index contributed by atoms with van der Waals surface area (Å²) in [5, 5.41) is 12.7. The molecule has 0 saturated heterocycles. The number of carboxylic acids is 1. The SMILES string of the molecule is CC(C)(Sc1cnc(NC(=O)N(CCc2cccc(F)c2)[C@H]2CC[C@H](C)CC2)s1)C(=O)O. The van der Waals surface area contributed by atoms with E-state index in [1.807, 2.05) is 11.0 Å². The van der Waals surface area contributed by atoms with E-state index in [1.165, 1.54) is 35.2 Å². The molecule has 9 heteroatoms. The lowest BCUT2D eigenvalue weighted by molar-refractivity contribution is -0.138. The Hall–Kier alpha value is -2.13. The van der Waals surface area contributed by atoms with Crippen LogP contribution in [-0.2, 0) is 11.2 Å². The van der Waals surface area contributed by atoms with Gasteiger partial charge in [-0.15, -0.1) is 0 Å². The molecule has 2 N–H and O–H groups in total. The van der Waals surface area contributed by atoms with E-state index in [0.29, 0.717) is 24.0 Å². The van der Waals surface area contributed by atoms with Gasteiger partial charge >= 0.3 is 12.0 Å². The zero-order chi connectivity index (χ0) is 23.3. The average Bonchev–Trinajstić information content (AvgIpc) is 3.15. The minimum absolute atomic E-state index is 0.138. The number of amides is 2. The molecule has 1 aliphatic carbocycles. The maximum absolute atomic E-state index is 13.6. The fourth-order valence-corrected chi connectivity index (χ4v) is 6.03. The van der Waals surface area contributed by atoms with Crippen molar-refractivity contribution in [2.75, 3.05) is 11.9 Å². The number of rotatable bonds is 8. The van der Waals surface area contributed by atoms with Gasteiger partial charge in [-0.25, -0.2) is 14.2 Å². The molecule has 0 aliphatic heterocycles. The van der Waals surface area contributed by atoms with Crippen LogP contribution in [0.15, 0.2) is 34.7 Å². The van der Waals surface area contributed by atoms with E-state index in [2.05, 4.69) is 17.2 Å². The number of carbonyl (C=O) groups is 2. The fraction of sp³-hybridized carbons (Fsp3) is 0.522. The Labute approximate surface area is 196 Å². The molecule has 2 aromatic rings. The van der Waals surface area contributed by atoms with Gasteiger partial charge in [-0.3, -0.25) is 10.1 Å². The van der Waals surface area contributed by atoms with Gasteiger partial charge in [-0.05, 0) is 69.6 Å². The summed E-state index contributed by atoms with van der Waals surface area (Å²) >= 11 is 2.47. The van der Waals surface area contributed by atoms with E-state index in [1.54, 1.807) is 26.1 Å². The van der Waals surface area contributed by atoms with Crippen molar-refractivity contribution in [2.24, 2.45) is 5.92 Å². The number of carbonyl (C=O) groups excluding carboxylic acids is 1. The molecule has 0 unspecified atom stereocenters. The first kappa shape index (κ1) is 24.5. The van der Waals surface area contributed by atoms with Crippen molar-refractivity contribution in [3.63, 3.8) is 0 Å². The number of thiazole rings is 1. The van der Waals surface area contributed by atoms with Crippen LogP contribution >= 0.6 is 23.1 Å². The van der Waals surface area contributed by atoms with Crippen LogP contribution in [0, 0.1) is 11.7 Å². The van der Waals surface area contributed by atoms with Crippen molar-refractivity contribution in [2.45, 2.75) is 67.9 Å². The highest BCUT2D eigenvalue weighted by molar-refractivity contribution is 8.03. The van der Waals surface area contributed by atoms with E-state index in [4.69, 9.17) is 0 Å². The quantitative estimate of drug-likeness (QED) is 0.461. The number of nitrogens with one attached hydrogen (secondary N) is 1. The Morgan fingerprint density at radius 1 is 1.31 bits per heavy atom. The highest BCUT2D eigenvalue weighted by atomic mass is 32.2. The van der Waals surface area contributed by atoms with E-state index in [-0.39, 0.29) is 17.9 Å². The van der Waals surface area contributed by atoms with E-state index < -0.39 is 10.7 Å². The molecule has 0 atom stereocenters. The summed E-state index contributed by atoms with van der Waals surface area (Å²) in [6, 6.07) is 6.40. The van der Waals surface area contributed by atoms with E-state index in [9.17, 15) is 19.1 Å². The van der Waals surface area contributed by atoms with Gasteiger partial charge in [-0.1, -0.05) is 42.2 Å². The molecule has 2 amide bonds. The van der Waals surface area contributed by atoms with Gasteiger partial charge in [0, 0.05) is 12.6 Å². The van der Waals surface area contributed by atoms with Crippen molar-refractivity contribution in [1.29, 1.82) is 0 Å². The van der Waals surface area contributed by atoms with Gasteiger partial charge < -0.3 is 10.0 Å². The molecule has 32 heavy (non-hydrogen) atoms. The lowest BCUT2D eigenvalue weighted by atomic mass is 9.86. The van der Waals surface area contributed by atoms with Crippen LogP contribution in [0.3, 0.4) is 0 Å². The second-order valence-electron chi connectivity index (χ2n) is 8.82. The standard InChI is InChI=1S/C23H30FN3O3S2/c1-15-7-9-18(10-8-15)27(12-11-16-5-4-6-17(24)13-16)22(30)26-21-25-14-19(31-21)32-23(2,3)20(28)29/h4-6,13-15,18H,7-12H2,1-3H3,(H,28,29)(H,25,26,30)/t15-,18-. The van der Waals surface area contributed by atoms with Gasteiger partial charge in [0.2, 0.25) is 0 Å². The molecule has 1 heterocycles. The second kappa shape index (κ2) is 10.7. The van der Waals surface area contributed by atoms with Crippen LogP contribution in [0.5, 0.6) is 0 Å². The van der Waals surface area contributed by atoms with Gasteiger partial charge in [-0.2, -0.15) is 0 Å². The number of halogens is 1. The highest BCUT2D eigenvalue weighted by Gasteiger charge is 2.30. The first-order valence-electron chi connectivity index (χ1n) is 10.8. The van der Waals surface area contributed by atoms with Crippen LogP contribution in [0.1, 0.15) is 52.0 Å². The molecular formula is C23H30FN3O3S2. The predicted molar refractivity (Wildman–Crippen MR) is 127 cm³/mol. The molecule has 174 valence electrons. The molecule has 0 radical (unpaired) electrons. The maximum Gasteiger partial charge on any atom is 0.323 e. The number of urea groups is 1. The number of aliphatic carboxylic acids is 1. The summed E-state index contributed by atoms with van der Waals surface area (Å²) in [7, 11) is 0. The Kier molecular flexibility index (Phi) is 8.16. The number of thioether (sulfide) groups is 1. The summed E-state index contributed by atoms with van der Waals surface area (Å²) in [6.45, 7) is 6.00. The number of hydrogen-bond acceptors (Lipinski definition) is 5. The molecule has 0 spiro atoms. The Morgan fingerprint density at radius 2 is 2.03 bits per heavy atom. The predicted octanol–water partition coefficient (Wildman–Crippen LogP) is 5.89. The zero-order valence-electron chi connectivity index (χ0n) is 18.6. The molecule has 1 fully saturated rings. The van der Waals surface area contributed by atoms with Crippen LogP contribution < -0.4 is 5.32 Å². The maximum atomic E-state index is 13.6. The van der Waals surface area contributed by atoms with Gasteiger partial charge in [0.1, 0.15) is 10.6 Å². The third-order valence-corrected chi connectivity index (χ3v) is 7.99. The molecule has 1 aromatic heterocycles. The largest absolute Gasteiger partial charge is 0.480 e. The monoisotopic (exact) mass is 479 g/mol. The smallest absolute Gasteiger partial charge is 0.323 e. The van der Waals surface area contributed by atoms with Crippen molar-refractivity contribution in [1.82, 2.24) is 9.88 Å². The third-order valence-electron chi connectivity index (χ3n) is 5.79. The number of nitrogens with zero attached hydrogens (tertiary/aromatic N) is 2. The molecule has 1 saturated carbocycles. The van der Waals surface area contributed by atoms with Crippen molar-refractivity contribution >= 4 is 40.2 Å². The summed E-state index contributed by atoms with van der Waals surface area (Å²) in [6.07, 6.45) is 6.22. The number of aromatic nitrogens is 1. The summed E-state index contributed by atoms with van der Waals surface area (Å²) in [4.78, 5) is 30.7. The highest BCUT2D eigenvalue weighted by Crippen LogP contribution is 2.37. The van der Waals surface area contributed by atoms with Crippen molar-refractivity contribution in [3.05, 3.63) is 41.8 Å². The minimum atomic E-state index is -0.983. The number of carboxylic acid groups (broad SMARTS) is 1. The molecular weight excluding hydrogens is 449 g/mol. The summed E-state index contributed by atoms with van der Waals surface area (Å²) in [5.74, 6) is -0.519. The Morgan fingerprint density at radius 3 is 2.69 bits per heavy atom. The molecule has 0 bridgehead atoms. The lowest BCUT2D eigenvalue weighted by Gasteiger charge is -2.36. The van der Waals surface area contributed by atoms with Gasteiger partial charge in [0.25, 0.3) is 0 Å². The number of anilines is 1. The number of hydrogen-bond donors (Lipinski definition) is 2. The molecule has 6 nitrogen and oxygen atoms in total. The first-order valence-corrected chi connectivity index (χ1v) is 12.5. The van der Waals surface area contributed by atoms with Crippen molar-refractivity contribution in [3.8, 4) is 0 Å². The molecule has 1 aromatic carbocycles. The van der Waals surface area contributed by atoms with E-state index in [0.717, 1.165) is 35.5 Å². The van der Waals surface area contributed by atoms with Crippen LogP contribution in [-0.4, -0.2) is 44.3 Å². The topological polar surface area (TPSA) is 82.5 Å². The lowest BCUT2D eigenvalue weighted by Crippen LogP contribution is -2.45. The van der Waals surface area contributed by atoms with E-state index >= 15 is 0 Å². The second-order valence-corrected chi connectivity index (χ2v) is 11.8. The minimum Gasteiger partial charge on any atom is -0.480 e. The molecule has 1 aliphatic rings. The van der Waals surface area contributed by atoms with Gasteiger partial charge in [0.15, 0.2) is 5.13 Å². The average molecular weight is 480 g/mol. The normalized spacial score (nSPS) is 18.9. The van der Waals surface area contributed by atoms with Crippen LogP contribution in [0.2, 0.25) is 0 Å². The Bertz CT molecular complexity index is 942. The number of benzene rings is 1. The molecule has 3 rings (SSSR count). The summed E-state index contributed by atoms with van der Waals surface area (Å²) in [5.41, 5.74) is 0.857. The summed E-state index contributed by atoms with van der Waals surface area (Å²) < 4.78 is 13.3. The van der Waals surface area contributed by atoms with Crippen molar-refractivity contribution < 1.29 is 19.1 Å². The first-order chi connectivity index (χ1) is 15.1. The van der Waals surface area contributed by atoms with Gasteiger partial charge in [0.05, 0.1) is 10.4 Å². The third kappa shape index (κ3) is 6.68. The zero-order valence-corrected chi connectivity index (χ0v) is 20.3. The fourth-order valence-electron chi connectivity index (χ4n) is 3.77.